The summed E-state index contributed by atoms with van der Waals surface area (Å²) in [5.41, 5.74) is 1.62. The number of rotatable bonds is 2. The summed E-state index contributed by atoms with van der Waals surface area (Å²) in [7, 11) is 0. The van der Waals surface area contributed by atoms with Gasteiger partial charge in [0, 0.05) is 30.1 Å². The maximum absolute atomic E-state index is 12.0. The standard InChI is InChI=1S/C19H20O6/c1-4-5-16(20)24-14-7-10(2)6-13-8-12(19(22)23-13)9-15-17(14)11(3)18(21)25-15/h4-5,7-8,13-15,17H,3,6,9H2,1-2H3/b5-4+,10-7+/t13-,14-,15+,17+/m1/s1. The zero-order chi connectivity index (χ0) is 18.1. The summed E-state index contributed by atoms with van der Waals surface area (Å²) in [5.74, 6) is -1.97. The van der Waals surface area contributed by atoms with Crippen molar-refractivity contribution in [2.24, 2.45) is 5.92 Å². The fraction of sp³-hybridized carbons (Fsp3) is 0.421. The monoisotopic (exact) mass is 344 g/mol. The van der Waals surface area contributed by atoms with Gasteiger partial charge in [-0.15, -0.1) is 0 Å². The summed E-state index contributed by atoms with van der Waals surface area (Å²) in [6, 6.07) is 0. The van der Waals surface area contributed by atoms with Gasteiger partial charge < -0.3 is 14.2 Å². The van der Waals surface area contributed by atoms with Crippen LogP contribution in [-0.2, 0) is 28.6 Å². The molecule has 1 saturated heterocycles. The summed E-state index contributed by atoms with van der Waals surface area (Å²) in [5, 5.41) is 0. The van der Waals surface area contributed by atoms with E-state index in [9.17, 15) is 14.4 Å². The molecule has 1 aliphatic carbocycles. The van der Waals surface area contributed by atoms with Gasteiger partial charge in [-0.1, -0.05) is 18.2 Å². The SMILES string of the molecule is C=C1C(=O)O[C@H]2CC3=C[C@@H](C/C(C)=C/[C@@H](OC(=O)/C=C/C)[C@H]12)OC3=O. The Bertz CT molecular complexity index is 726. The number of hydrogen-bond donors (Lipinski definition) is 0. The van der Waals surface area contributed by atoms with Crippen LogP contribution in [0.3, 0.4) is 0 Å². The van der Waals surface area contributed by atoms with E-state index < -0.39 is 36.0 Å². The molecule has 6 nitrogen and oxygen atoms in total. The van der Waals surface area contributed by atoms with Crippen LogP contribution in [0.2, 0.25) is 0 Å². The maximum atomic E-state index is 12.0. The van der Waals surface area contributed by atoms with Gasteiger partial charge >= 0.3 is 17.9 Å². The van der Waals surface area contributed by atoms with Crippen LogP contribution in [0.25, 0.3) is 0 Å². The largest absolute Gasteiger partial charge is 0.458 e. The zero-order valence-corrected chi connectivity index (χ0v) is 14.2. The lowest BCUT2D eigenvalue weighted by atomic mass is 9.85. The molecule has 6 heteroatoms. The molecule has 0 aromatic heterocycles. The highest BCUT2D eigenvalue weighted by Gasteiger charge is 2.46. The number of hydrogen-bond acceptors (Lipinski definition) is 6. The second-order valence-electron chi connectivity index (χ2n) is 6.45. The van der Waals surface area contributed by atoms with Crippen molar-refractivity contribution in [3.05, 3.63) is 47.6 Å². The fourth-order valence-electron chi connectivity index (χ4n) is 3.42. The summed E-state index contributed by atoms with van der Waals surface area (Å²) < 4.78 is 16.3. The van der Waals surface area contributed by atoms with Crippen molar-refractivity contribution in [3.63, 3.8) is 0 Å². The fourth-order valence-corrected chi connectivity index (χ4v) is 3.42. The predicted octanol–water partition coefficient (Wildman–Crippen LogP) is 2.16. The molecule has 0 aromatic carbocycles. The Labute approximate surface area is 145 Å². The minimum Gasteiger partial charge on any atom is -0.458 e. The first-order valence-corrected chi connectivity index (χ1v) is 8.21. The molecule has 3 rings (SSSR count). The highest BCUT2D eigenvalue weighted by Crippen LogP contribution is 2.38. The first kappa shape index (κ1) is 17.2. The van der Waals surface area contributed by atoms with Gasteiger partial charge in [-0.2, -0.15) is 0 Å². The quantitative estimate of drug-likeness (QED) is 0.331. The van der Waals surface area contributed by atoms with Crippen molar-refractivity contribution >= 4 is 17.9 Å². The van der Waals surface area contributed by atoms with Crippen LogP contribution in [0, 0.1) is 5.92 Å². The van der Waals surface area contributed by atoms with E-state index >= 15 is 0 Å². The molecular formula is C19H20O6. The van der Waals surface area contributed by atoms with E-state index in [-0.39, 0.29) is 18.1 Å². The zero-order valence-electron chi connectivity index (χ0n) is 14.2. The summed E-state index contributed by atoms with van der Waals surface area (Å²) in [6.07, 6.45) is 5.53. The number of carbonyl (C=O) groups is 3. The van der Waals surface area contributed by atoms with Crippen LogP contribution in [0.1, 0.15) is 26.7 Å². The third kappa shape index (κ3) is 3.43. The molecule has 3 aliphatic rings. The van der Waals surface area contributed by atoms with E-state index in [0.717, 1.165) is 5.57 Å². The molecule has 0 spiro atoms. The molecule has 2 aliphatic heterocycles. The highest BCUT2D eigenvalue weighted by molar-refractivity contribution is 5.93. The minimum absolute atomic E-state index is 0.218. The lowest BCUT2D eigenvalue weighted by molar-refractivity contribution is -0.145. The van der Waals surface area contributed by atoms with E-state index in [2.05, 4.69) is 6.58 Å². The predicted molar refractivity (Wildman–Crippen MR) is 88.2 cm³/mol. The van der Waals surface area contributed by atoms with E-state index in [1.54, 1.807) is 25.2 Å². The van der Waals surface area contributed by atoms with Gasteiger partial charge in [0.15, 0.2) is 0 Å². The Morgan fingerprint density at radius 1 is 1.24 bits per heavy atom. The second-order valence-corrected chi connectivity index (χ2v) is 6.45. The van der Waals surface area contributed by atoms with Gasteiger partial charge in [-0.25, -0.2) is 14.4 Å². The number of esters is 3. The highest BCUT2D eigenvalue weighted by atomic mass is 16.6. The molecule has 2 heterocycles. The third-order valence-electron chi connectivity index (χ3n) is 4.53. The lowest BCUT2D eigenvalue weighted by Gasteiger charge is -2.25. The van der Waals surface area contributed by atoms with Crippen molar-refractivity contribution in [2.75, 3.05) is 0 Å². The Hall–Kier alpha value is -2.63. The topological polar surface area (TPSA) is 78.9 Å². The summed E-state index contributed by atoms with van der Waals surface area (Å²) in [4.78, 5) is 36.0. The first-order chi connectivity index (χ1) is 11.9. The van der Waals surface area contributed by atoms with Crippen LogP contribution >= 0.6 is 0 Å². The van der Waals surface area contributed by atoms with Crippen molar-refractivity contribution < 1.29 is 28.6 Å². The second kappa shape index (κ2) is 6.70. The van der Waals surface area contributed by atoms with Crippen LogP contribution in [0.4, 0.5) is 0 Å². The van der Waals surface area contributed by atoms with Crippen molar-refractivity contribution in [2.45, 2.75) is 45.0 Å². The smallest absolute Gasteiger partial charge is 0.334 e. The molecule has 0 aromatic rings. The van der Waals surface area contributed by atoms with E-state index in [1.807, 2.05) is 6.92 Å². The van der Waals surface area contributed by atoms with E-state index in [1.165, 1.54) is 6.08 Å². The Morgan fingerprint density at radius 3 is 2.72 bits per heavy atom. The molecule has 25 heavy (non-hydrogen) atoms. The molecule has 1 fully saturated rings. The molecule has 0 amide bonds. The number of allylic oxidation sites excluding steroid dienone is 1. The molecule has 0 saturated carbocycles. The van der Waals surface area contributed by atoms with Gasteiger partial charge in [0.1, 0.15) is 18.3 Å². The van der Waals surface area contributed by atoms with Gasteiger partial charge in [-0.05, 0) is 26.0 Å². The molecule has 132 valence electrons. The Morgan fingerprint density at radius 2 is 2.00 bits per heavy atom. The third-order valence-corrected chi connectivity index (χ3v) is 4.53. The summed E-state index contributed by atoms with van der Waals surface area (Å²) >= 11 is 0. The van der Waals surface area contributed by atoms with Crippen LogP contribution in [0.5, 0.6) is 0 Å². The molecule has 4 atom stereocenters. The average Bonchev–Trinajstić information content (AvgIpc) is 2.98. The first-order valence-electron chi connectivity index (χ1n) is 8.21. The molecular weight excluding hydrogens is 324 g/mol. The van der Waals surface area contributed by atoms with Gasteiger partial charge in [0.2, 0.25) is 0 Å². The average molecular weight is 344 g/mol. The number of carbonyl (C=O) groups excluding carboxylic acids is 3. The Kier molecular flexibility index (Phi) is 4.61. The van der Waals surface area contributed by atoms with Crippen molar-refractivity contribution in [1.29, 1.82) is 0 Å². The van der Waals surface area contributed by atoms with Crippen molar-refractivity contribution in [3.8, 4) is 0 Å². The van der Waals surface area contributed by atoms with E-state index in [4.69, 9.17) is 14.2 Å². The summed E-state index contributed by atoms with van der Waals surface area (Å²) in [6.45, 7) is 7.39. The number of ether oxygens (including phenoxy) is 3. The van der Waals surface area contributed by atoms with Gasteiger partial charge in [0.25, 0.3) is 0 Å². The van der Waals surface area contributed by atoms with E-state index in [0.29, 0.717) is 12.0 Å². The van der Waals surface area contributed by atoms with Crippen molar-refractivity contribution in [1.82, 2.24) is 0 Å². The minimum atomic E-state index is -0.694. The lowest BCUT2D eigenvalue weighted by Crippen LogP contribution is -2.32. The Balaban J connectivity index is 1.98. The molecule has 2 bridgehead atoms. The van der Waals surface area contributed by atoms with Crippen LogP contribution < -0.4 is 0 Å². The number of fused-ring (bicyclic) bond motifs is 2. The molecule has 0 unspecified atom stereocenters. The van der Waals surface area contributed by atoms with Crippen LogP contribution in [0.15, 0.2) is 47.6 Å². The van der Waals surface area contributed by atoms with Gasteiger partial charge in [-0.3, -0.25) is 0 Å². The normalized spacial score (nSPS) is 33.9. The van der Waals surface area contributed by atoms with Gasteiger partial charge in [0.05, 0.1) is 5.92 Å². The molecule has 0 N–H and O–H groups in total. The maximum Gasteiger partial charge on any atom is 0.334 e. The van der Waals surface area contributed by atoms with Crippen LogP contribution in [-0.4, -0.2) is 36.2 Å². The molecule has 0 radical (unpaired) electrons.